The molecule has 0 aliphatic heterocycles. The normalized spacial score (nSPS) is 11.6. The molecule has 0 heterocycles. The Balaban J connectivity index is 2.68. The van der Waals surface area contributed by atoms with Gasteiger partial charge in [-0.3, -0.25) is 9.59 Å². The van der Waals surface area contributed by atoms with E-state index in [1.807, 2.05) is 0 Å². The van der Waals surface area contributed by atoms with Gasteiger partial charge in [0.15, 0.2) is 0 Å². The fourth-order valence-corrected chi connectivity index (χ4v) is 1.65. The van der Waals surface area contributed by atoms with Crippen molar-refractivity contribution in [1.29, 1.82) is 0 Å². The molecule has 7 heteroatoms. The lowest BCUT2D eigenvalue weighted by Gasteiger charge is -2.13. The van der Waals surface area contributed by atoms with Crippen LogP contribution in [0.3, 0.4) is 0 Å². The Morgan fingerprint density at radius 1 is 1.26 bits per heavy atom. The zero-order chi connectivity index (χ0) is 14.4. The average Bonchev–Trinajstić information content (AvgIpc) is 2.34. The average molecular weight is 329 g/mol. The number of carboxylic acid groups (broad SMARTS) is 1. The Kier molecular flexibility index (Phi) is 5.50. The number of amides is 2. The second-order valence-corrected chi connectivity index (χ2v) is 4.79. The quantitative estimate of drug-likeness (QED) is 0.720. The monoisotopic (exact) mass is 328 g/mol. The summed E-state index contributed by atoms with van der Waals surface area (Å²) < 4.78 is 0.813. The van der Waals surface area contributed by atoms with Crippen molar-refractivity contribution < 1.29 is 19.5 Å². The number of halogens is 1. The third-order valence-corrected chi connectivity index (χ3v) is 2.92. The molecule has 6 nitrogen and oxygen atoms in total. The summed E-state index contributed by atoms with van der Waals surface area (Å²) in [6.45, 7) is 0. The molecule has 0 aromatic heterocycles. The molecule has 0 bridgehead atoms. The molecule has 2 amide bonds. The van der Waals surface area contributed by atoms with Crippen molar-refractivity contribution in [3.05, 3.63) is 34.3 Å². The largest absolute Gasteiger partial charge is 0.480 e. The summed E-state index contributed by atoms with van der Waals surface area (Å²) in [6, 6.07) is 5.34. The molecule has 102 valence electrons. The molecule has 1 aromatic rings. The number of hydrogen-bond acceptors (Lipinski definition) is 3. The second kappa shape index (κ2) is 6.89. The minimum Gasteiger partial charge on any atom is -0.480 e. The number of benzene rings is 1. The van der Waals surface area contributed by atoms with E-state index in [4.69, 9.17) is 10.8 Å². The molecule has 0 unspecified atom stereocenters. The van der Waals surface area contributed by atoms with E-state index < -0.39 is 23.8 Å². The molecule has 1 aromatic carbocycles. The number of carboxylic acids is 1. The Morgan fingerprint density at radius 3 is 2.32 bits per heavy atom. The smallest absolute Gasteiger partial charge is 0.326 e. The van der Waals surface area contributed by atoms with Crippen LogP contribution in [0.5, 0.6) is 0 Å². The summed E-state index contributed by atoms with van der Waals surface area (Å²) in [6.07, 6.45) is -0.134. The Bertz CT molecular complexity index is 487. The van der Waals surface area contributed by atoms with Gasteiger partial charge in [-0.15, -0.1) is 0 Å². The number of carbonyl (C=O) groups excluding carboxylic acids is 2. The predicted molar refractivity (Wildman–Crippen MR) is 71.5 cm³/mol. The van der Waals surface area contributed by atoms with Crippen LogP contribution in [-0.2, 0) is 9.59 Å². The van der Waals surface area contributed by atoms with Gasteiger partial charge in [0.05, 0.1) is 0 Å². The van der Waals surface area contributed by atoms with E-state index in [0.29, 0.717) is 5.56 Å². The fraction of sp³-hybridized carbons (Fsp3) is 0.250. The van der Waals surface area contributed by atoms with E-state index in [1.54, 1.807) is 24.3 Å². The molecule has 0 saturated heterocycles. The van der Waals surface area contributed by atoms with Crippen molar-refractivity contribution in [2.24, 2.45) is 5.73 Å². The first-order valence-electron chi connectivity index (χ1n) is 5.47. The third kappa shape index (κ3) is 5.09. The van der Waals surface area contributed by atoms with Crippen LogP contribution < -0.4 is 11.1 Å². The minimum atomic E-state index is -1.20. The molecule has 19 heavy (non-hydrogen) atoms. The molecule has 0 saturated carbocycles. The number of nitrogens with one attached hydrogen (secondary N) is 1. The number of aliphatic carboxylic acids is 1. The molecule has 0 aliphatic carbocycles. The lowest BCUT2D eigenvalue weighted by molar-refractivity contribution is -0.139. The van der Waals surface area contributed by atoms with Crippen LogP contribution in [0.15, 0.2) is 28.7 Å². The number of rotatable bonds is 6. The first kappa shape index (κ1) is 15.2. The van der Waals surface area contributed by atoms with E-state index in [9.17, 15) is 14.4 Å². The number of primary amides is 1. The molecule has 0 radical (unpaired) electrons. The van der Waals surface area contributed by atoms with Crippen molar-refractivity contribution in [2.75, 3.05) is 0 Å². The number of hydrogen-bond donors (Lipinski definition) is 3. The first-order chi connectivity index (χ1) is 8.90. The summed E-state index contributed by atoms with van der Waals surface area (Å²) in [5.74, 6) is -2.32. The zero-order valence-corrected chi connectivity index (χ0v) is 11.5. The van der Waals surface area contributed by atoms with E-state index in [2.05, 4.69) is 21.2 Å². The molecule has 0 fully saturated rings. The molecule has 1 atom stereocenters. The second-order valence-electron chi connectivity index (χ2n) is 3.88. The predicted octanol–water partition coefficient (Wildman–Crippen LogP) is 0.898. The summed E-state index contributed by atoms with van der Waals surface area (Å²) in [7, 11) is 0. The Hall–Kier alpha value is -1.89. The third-order valence-electron chi connectivity index (χ3n) is 2.39. The van der Waals surface area contributed by atoms with Crippen LogP contribution >= 0.6 is 15.9 Å². The maximum absolute atomic E-state index is 11.8. The molecule has 1 rings (SSSR count). The molecule has 0 aliphatic rings. The van der Waals surface area contributed by atoms with Crippen LogP contribution in [0.4, 0.5) is 0 Å². The van der Waals surface area contributed by atoms with Crippen LogP contribution in [-0.4, -0.2) is 28.9 Å². The summed E-state index contributed by atoms with van der Waals surface area (Å²) in [4.78, 5) is 33.4. The highest BCUT2D eigenvalue weighted by Crippen LogP contribution is 2.11. The number of carbonyl (C=O) groups is 3. The van der Waals surface area contributed by atoms with E-state index in [-0.39, 0.29) is 12.8 Å². The molecular weight excluding hydrogens is 316 g/mol. The Morgan fingerprint density at radius 2 is 1.84 bits per heavy atom. The highest BCUT2D eigenvalue weighted by atomic mass is 79.9. The standard InChI is InChI=1S/C12H13BrN2O4/c13-8-3-1-7(2-4-8)11(17)15-9(12(18)19)5-6-10(14)16/h1-4,9H,5-6H2,(H2,14,16)(H,15,17)(H,18,19)/t9-/m0/s1. The fourth-order valence-electron chi connectivity index (χ4n) is 1.39. The maximum Gasteiger partial charge on any atom is 0.326 e. The van der Waals surface area contributed by atoms with Crippen molar-refractivity contribution in [3.8, 4) is 0 Å². The van der Waals surface area contributed by atoms with Crippen LogP contribution in [0.1, 0.15) is 23.2 Å². The Labute approximate surface area is 118 Å². The van der Waals surface area contributed by atoms with E-state index in [1.165, 1.54) is 0 Å². The van der Waals surface area contributed by atoms with Crippen molar-refractivity contribution in [1.82, 2.24) is 5.32 Å². The summed E-state index contributed by atoms with van der Waals surface area (Å²) in [5.41, 5.74) is 5.29. The SMILES string of the molecule is NC(=O)CC[C@H](NC(=O)c1ccc(Br)cc1)C(=O)O. The summed E-state index contributed by atoms with van der Waals surface area (Å²) in [5, 5.41) is 11.3. The van der Waals surface area contributed by atoms with Gasteiger partial charge in [-0.2, -0.15) is 0 Å². The molecule has 0 spiro atoms. The van der Waals surface area contributed by atoms with Gasteiger partial charge in [0.1, 0.15) is 6.04 Å². The zero-order valence-electron chi connectivity index (χ0n) is 9.93. The van der Waals surface area contributed by atoms with Crippen molar-refractivity contribution in [3.63, 3.8) is 0 Å². The van der Waals surface area contributed by atoms with E-state index in [0.717, 1.165) is 4.47 Å². The lowest BCUT2D eigenvalue weighted by atomic mass is 10.1. The highest BCUT2D eigenvalue weighted by molar-refractivity contribution is 9.10. The van der Waals surface area contributed by atoms with Crippen molar-refractivity contribution >= 4 is 33.7 Å². The van der Waals surface area contributed by atoms with Gasteiger partial charge in [-0.1, -0.05) is 15.9 Å². The van der Waals surface area contributed by atoms with Gasteiger partial charge in [-0.05, 0) is 30.7 Å². The maximum atomic E-state index is 11.8. The molecule has 4 N–H and O–H groups in total. The minimum absolute atomic E-state index is 0.0348. The van der Waals surface area contributed by atoms with Gasteiger partial charge in [0.2, 0.25) is 5.91 Å². The highest BCUT2D eigenvalue weighted by Gasteiger charge is 2.21. The lowest BCUT2D eigenvalue weighted by Crippen LogP contribution is -2.41. The van der Waals surface area contributed by atoms with Gasteiger partial charge in [0, 0.05) is 16.5 Å². The van der Waals surface area contributed by atoms with Crippen LogP contribution in [0, 0.1) is 0 Å². The van der Waals surface area contributed by atoms with Gasteiger partial charge in [0.25, 0.3) is 5.91 Å². The first-order valence-corrected chi connectivity index (χ1v) is 6.27. The van der Waals surface area contributed by atoms with Gasteiger partial charge in [-0.25, -0.2) is 4.79 Å². The van der Waals surface area contributed by atoms with Crippen LogP contribution in [0.2, 0.25) is 0 Å². The van der Waals surface area contributed by atoms with Crippen molar-refractivity contribution in [2.45, 2.75) is 18.9 Å². The summed E-state index contributed by atoms with van der Waals surface area (Å²) >= 11 is 3.23. The van der Waals surface area contributed by atoms with Gasteiger partial charge >= 0.3 is 5.97 Å². The van der Waals surface area contributed by atoms with Gasteiger partial charge < -0.3 is 16.2 Å². The van der Waals surface area contributed by atoms with Crippen LogP contribution in [0.25, 0.3) is 0 Å². The number of nitrogens with two attached hydrogens (primary N) is 1. The molecular formula is C12H13BrN2O4. The topological polar surface area (TPSA) is 109 Å². The van der Waals surface area contributed by atoms with E-state index >= 15 is 0 Å².